The molecule has 1 fully saturated rings. The number of rotatable bonds is 3. The molecule has 0 radical (unpaired) electrons. The number of ether oxygens (including phenoxy) is 1. The first-order valence-electron chi connectivity index (χ1n) is 7.91. The lowest BCUT2D eigenvalue weighted by Crippen LogP contribution is -2.37. The summed E-state index contributed by atoms with van der Waals surface area (Å²) in [6.45, 7) is 1.34. The number of fused-ring (bicyclic) bond motifs is 1. The monoisotopic (exact) mass is 314 g/mol. The second-order valence-electron chi connectivity index (χ2n) is 5.97. The summed E-state index contributed by atoms with van der Waals surface area (Å²) >= 11 is 0. The van der Waals surface area contributed by atoms with Crippen LogP contribution in [0.1, 0.15) is 29.0 Å². The number of hydrogen-bond acceptors (Lipinski definition) is 5. The van der Waals surface area contributed by atoms with Crippen LogP contribution in [-0.2, 0) is 6.42 Å². The first-order chi connectivity index (χ1) is 11.3. The van der Waals surface area contributed by atoms with Gasteiger partial charge in [0.15, 0.2) is 0 Å². The summed E-state index contributed by atoms with van der Waals surface area (Å²) in [6.07, 6.45) is 2.62. The molecule has 0 aliphatic carbocycles. The van der Waals surface area contributed by atoms with E-state index < -0.39 is 0 Å². The summed E-state index contributed by atoms with van der Waals surface area (Å²) in [7, 11) is 0. The molecular formula is C17H18N2O4. The zero-order valence-corrected chi connectivity index (χ0v) is 12.7. The highest BCUT2D eigenvalue weighted by Crippen LogP contribution is 2.30. The molecule has 3 heterocycles. The number of nitrogens with zero attached hydrogens (tertiary/aromatic N) is 2. The van der Waals surface area contributed by atoms with Gasteiger partial charge in [-0.05, 0) is 36.6 Å². The number of carbonyl (C=O) groups excluding carboxylic acids is 1. The van der Waals surface area contributed by atoms with Gasteiger partial charge in [0.05, 0.1) is 19.3 Å². The normalized spacial score (nSPS) is 19.7. The van der Waals surface area contributed by atoms with Crippen LogP contribution < -0.4 is 4.74 Å². The van der Waals surface area contributed by atoms with Gasteiger partial charge < -0.3 is 19.3 Å². The Labute approximate surface area is 133 Å². The quantitative estimate of drug-likeness (QED) is 0.936. The van der Waals surface area contributed by atoms with Gasteiger partial charge in [0.25, 0.3) is 5.91 Å². The third kappa shape index (κ3) is 2.49. The smallest absolute Gasteiger partial charge is 0.292 e. The molecule has 0 saturated carbocycles. The minimum absolute atomic E-state index is 0.0163. The summed E-state index contributed by atoms with van der Waals surface area (Å²) in [6, 6.07) is 7.43. The molecule has 6 heteroatoms. The van der Waals surface area contributed by atoms with Gasteiger partial charge in [-0.15, -0.1) is 0 Å². The summed E-state index contributed by atoms with van der Waals surface area (Å²) in [5.74, 6) is 0.929. The molecule has 23 heavy (non-hydrogen) atoms. The van der Waals surface area contributed by atoms with Crippen molar-refractivity contribution in [2.45, 2.75) is 25.3 Å². The maximum absolute atomic E-state index is 12.5. The molecule has 2 aliphatic heterocycles. The Morgan fingerprint density at radius 2 is 2.30 bits per heavy atom. The number of aromatic nitrogens is 1. The van der Waals surface area contributed by atoms with Crippen LogP contribution in [0.5, 0.6) is 5.75 Å². The van der Waals surface area contributed by atoms with E-state index in [0.29, 0.717) is 18.8 Å². The summed E-state index contributed by atoms with van der Waals surface area (Å²) < 4.78 is 10.7. The maximum atomic E-state index is 12.5. The minimum atomic E-state index is -0.204. The van der Waals surface area contributed by atoms with Crippen molar-refractivity contribution in [1.82, 2.24) is 10.1 Å². The van der Waals surface area contributed by atoms with Crippen molar-refractivity contribution < 1.29 is 19.2 Å². The zero-order chi connectivity index (χ0) is 15.8. The fourth-order valence-corrected chi connectivity index (χ4v) is 3.29. The second kappa shape index (κ2) is 5.70. The van der Waals surface area contributed by atoms with E-state index in [-0.39, 0.29) is 24.3 Å². The fraction of sp³-hybridized carbons (Fsp3) is 0.412. The highest BCUT2D eigenvalue weighted by molar-refractivity contribution is 5.92. The maximum Gasteiger partial charge on any atom is 0.292 e. The molecule has 1 saturated heterocycles. The number of aliphatic hydroxyl groups excluding tert-OH is 1. The highest BCUT2D eigenvalue weighted by atomic mass is 16.5. The Bertz CT molecular complexity index is 740. The Balaban J connectivity index is 1.58. The van der Waals surface area contributed by atoms with Crippen LogP contribution in [0.3, 0.4) is 0 Å². The summed E-state index contributed by atoms with van der Waals surface area (Å²) in [5.41, 5.74) is 2.71. The van der Waals surface area contributed by atoms with Gasteiger partial charge >= 0.3 is 0 Å². The van der Waals surface area contributed by atoms with Gasteiger partial charge in [0.1, 0.15) is 11.4 Å². The molecule has 6 nitrogen and oxygen atoms in total. The molecular weight excluding hydrogens is 296 g/mol. The standard InChI is InChI=1S/C17H18N2O4/c20-10-13-2-1-6-19(13)17(21)16-9-14(18-23-16)11-3-4-15-12(8-11)5-7-22-15/h3-4,8-9,13,20H,1-2,5-7,10H2/t13-/m1/s1. The molecule has 1 N–H and O–H groups in total. The topological polar surface area (TPSA) is 75.8 Å². The second-order valence-corrected chi connectivity index (χ2v) is 5.97. The van der Waals surface area contributed by atoms with Gasteiger partial charge in [-0.25, -0.2) is 0 Å². The zero-order valence-electron chi connectivity index (χ0n) is 12.7. The van der Waals surface area contributed by atoms with Gasteiger partial charge in [-0.2, -0.15) is 0 Å². The molecule has 0 spiro atoms. The molecule has 2 aromatic rings. The van der Waals surface area contributed by atoms with E-state index in [9.17, 15) is 9.90 Å². The number of amides is 1. The SMILES string of the molecule is O=C(c1cc(-c2ccc3c(c2)CCO3)no1)N1CCC[C@@H]1CO. The number of benzene rings is 1. The van der Waals surface area contributed by atoms with Gasteiger partial charge in [-0.3, -0.25) is 4.79 Å². The number of likely N-dealkylation sites (tertiary alicyclic amines) is 1. The Morgan fingerprint density at radius 3 is 3.17 bits per heavy atom. The summed E-state index contributed by atoms with van der Waals surface area (Å²) in [5, 5.41) is 13.4. The van der Waals surface area contributed by atoms with Crippen LogP contribution in [0.2, 0.25) is 0 Å². The molecule has 0 bridgehead atoms. The molecule has 1 amide bonds. The van der Waals surface area contributed by atoms with Gasteiger partial charge in [0, 0.05) is 24.6 Å². The molecule has 2 aliphatic rings. The van der Waals surface area contributed by atoms with E-state index in [0.717, 1.165) is 36.1 Å². The molecule has 1 aromatic carbocycles. The predicted octanol–water partition coefficient (Wildman–Crippen LogP) is 1.87. The van der Waals surface area contributed by atoms with Crippen molar-refractivity contribution in [3.05, 3.63) is 35.6 Å². The Hall–Kier alpha value is -2.34. The van der Waals surface area contributed by atoms with Crippen molar-refractivity contribution in [3.8, 4) is 17.0 Å². The minimum Gasteiger partial charge on any atom is -0.493 e. The largest absolute Gasteiger partial charge is 0.493 e. The Morgan fingerprint density at radius 1 is 1.39 bits per heavy atom. The van der Waals surface area contributed by atoms with Crippen LogP contribution in [0, 0.1) is 0 Å². The van der Waals surface area contributed by atoms with E-state index in [1.54, 1.807) is 11.0 Å². The first kappa shape index (κ1) is 14.3. The van der Waals surface area contributed by atoms with Crippen LogP contribution >= 0.6 is 0 Å². The van der Waals surface area contributed by atoms with Crippen molar-refractivity contribution >= 4 is 5.91 Å². The lowest BCUT2D eigenvalue weighted by atomic mass is 10.1. The average Bonchev–Trinajstić information content (AvgIpc) is 3.32. The van der Waals surface area contributed by atoms with E-state index in [4.69, 9.17) is 9.26 Å². The van der Waals surface area contributed by atoms with E-state index in [2.05, 4.69) is 5.16 Å². The van der Waals surface area contributed by atoms with E-state index in [1.807, 2.05) is 18.2 Å². The summed E-state index contributed by atoms with van der Waals surface area (Å²) in [4.78, 5) is 14.2. The molecule has 120 valence electrons. The number of hydrogen-bond donors (Lipinski definition) is 1. The third-order valence-electron chi connectivity index (χ3n) is 4.55. The molecule has 0 unspecified atom stereocenters. The molecule has 1 aromatic heterocycles. The third-order valence-corrected chi connectivity index (χ3v) is 4.55. The van der Waals surface area contributed by atoms with E-state index >= 15 is 0 Å². The van der Waals surface area contributed by atoms with Crippen molar-refractivity contribution in [2.24, 2.45) is 0 Å². The van der Waals surface area contributed by atoms with Gasteiger partial charge in [0.2, 0.25) is 5.76 Å². The van der Waals surface area contributed by atoms with E-state index in [1.165, 1.54) is 0 Å². The molecule has 1 atom stereocenters. The predicted molar refractivity (Wildman–Crippen MR) is 82.3 cm³/mol. The number of aliphatic hydroxyl groups is 1. The van der Waals surface area contributed by atoms with Crippen molar-refractivity contribution in [1.29, 1.82) is 0 Å². The van der Waals surface area contributed by atoms with Crippen LogP contribution in [-0.4, -0.2) is 46.9 Å². The Kier molecular flexibility index (Phi) is 3.53. The van der Waals surface area contributed by atoms with Crippen LogP contribution in [0.25, 0.3) is 11.3 Å². The van der Waals surface area contributed by atoms with Crippen LogP contribution in [0.4, 0.5) is 0 Å². The lowest BCUT2D eigenvalue weighted by Gasteiger charge is -2.21. The molecule has 4 rings (SSSR count). The van der Waals surface area contributed by atoms with Gasteiger partial charge in [-0.1, -0.05) is 5.16 Å². The average molecular weight is 314 g/mol. The highest BCUT2D eigenvalue weighted by Gasteiger charge is 2.31. The van der Waals surface area contributed by atoms with Crippen LogP contribution in [0.15, 0.2) is 28.8 Å². The number of carbonyl (C=O) groups is 1. The lowest BCUT2D eigenvalue weighted by molar-refractivity contribution is 0.0636. The van der Waals surface area contributed by atoms with Crippen molar-refractivity contribution in [2.75, 3.05) is 19.8 Å². The van der Waals surface area contributed by atoms with Crippen molar-refractivity contribution in [3.63, 3.8) is 0 Å². The fourth-order valence-electron chi connectivity index (χ4n) is 3.29. The first-order valence-corrected chi connectivity index (χ1v) is 7.91.